The molecule has 5 heterocycles. The van der Waals surface area contributed by atoms with Crippen LogP contribution < -0.4 is 24.8 Å². The predicted octanol–water partition coefficient (Wildman–Crippen LogP) is 7.41. The molecule has 0 amide bonds. The highest BCUT2D eigenvalue weighted by Crippen LogP contribution is 2.57. The Morgan fingerprint density at radius 1 is 0.740 bits per heavy atom. The molecule has 5 nitrogen and oxygen atoms in total. The number of halogens is 4. The number of ether oxygens (including phenoxy) is 2. The van der Waals surface area contributed by atoms with Crippen LogP contribution in [0.1, 0.15) is 125 Å². The number of carbonyl (C=O) groups excluding carboxylic acids is 1. The number of rotatable bonds is 2. The fraction of sp³-hybridized carbons (Fsp3) is 0.512. The molecule has 0 aromatic heterocycles. The molecule has 0 bridgehead atoms. The zero-order valence-corrected chi connectivity index (χ0v) is 30.4. The van der Waals surface area contributed by atoms with Crippen molar-refractivity contribution in [2.75, 3.05) is 38.2 Å². The number of esters is 1. The summed E-state index contributed by atoms with van der Waals surface area (Å²) in [6.07, 6.45) is 3.38. The van der Waals surface area contributed by atoms with E-state index >= 15 is 17.6 Å². The summed E-state index contributed by atoms with van der Waals surface area (Å²) in [6.45, 7) is 20.8. The van der Waals surface area contributed by atoms with Gasteiger partial charge >= 0.3 is 5.97 Å². The highest BCUT2D eigenvalue weighted by molar-refractivity contribution is 6.00. The average molecular weight is 690 g/mol. The molecule has 3 aromatic carbocycles. The van der Waals surface area contributed by atoms with Crippen molar-refractivity contribution >= 4 is 17.2 Å². The summed E-state index contributed by atoms with van der Waals surface area (Å²) in [6, 6.07) is 3.93. The second-order valence-corrected chi connectivity index (χ2v) is 17.5. The molecule has 0 aliphatic carbocycles. The Labute approximate surface area is 290 Å². The molecule has 0 spiro atoms. The van der Waals surface area contributed by atoms with E-state index in [9.17, 15) is 4.79 Å². The number of fused-ring (bicyclic) bond motifs is 4. The molecule has 0 atom stereocenters. The smallest absolute Gasteiger partial charge is 0.341 e. The number of methoxy groups -OCH3 is 1. The highest BCUT2D eigenvalue weighted by atomic mass is 19.2. The van der Waals surface area contributed by atoms with Crippen molar-refractivity contribution < 1.29 is 31.8 Å². The summed E-state index contributed by atoms with van der Waals surface area (Å²) in [5.74, 6) is -7.80. The number of hydrogen-bond donors (Lipinski definition) is 0. The Kier molecular flexibility index (Phi) is 6.89. The van der Waals surface area contributed by atoms with Gasteiger partial charge in [-0.25, -0.2) is 26.9 Å². The summed E-state index contributed by atoms with van der Waals surface area (Å²) in [7, 11) is 1.02. The van der Waals surface area contributed by atoms with Crippen LogP contribution in [0.25, 0.3) is 5.57 Å². The van der Waals surface area contributed by atoms with Gasteiger partial charge in [0.1, 0.15) is 30.2 Å². The van der Waals surface area contributed by atoms with E-state index in [0.29, 0.717) is 22.3 Å². The monoisotopic (exact) mass is 689 g/mol. The molecular formula is C41H45F4N2O3+. The van der Waals surface area contributed by atoms with Crippen molar-refractivity contribution in [2.45, 2.75) is 103 Å². The number of anilines is 1. The third-order valence-corrected chi connectivity index (χ3v) is 12.6. The normalized spacial score (nSPS) is 21.4. The van der Waals surface area contributed by atoms with Gasteiger partial charge in [0.05, 0.1) is 12.7 Å². The molecule has 0 radical (unpaired) electrons. The van der Waals surface area contributed by atoms with Gasteiger partial charge in [0.2, 0.25) is 5.36 Å². The van der Waals surface area contributed by atoms with Gasteiger partial charge in [-0.3, -0.25) is 0 Å². The van der Waals surface area contributed by atoms with Crippen LogP contribution in [0.3, 0.4) is 0 Å². The van der Waals surface area contributed by atoms with Gasteiger partial charge in [-0.2, -0.15) is 0 Å². The van der Waals surface area contributed by atoms with Crippen molar-refractivity contribution in [3.05, 3.63) is 84.9 Å². The van der Waals surface area contributed by atoms with Crippen molar-refractivity contribution in [1.82, 2.24) is 4.58 Å². The van der Waals surface area contributed by atoms with E-state index in [1.807, 2.05) is 12.1 Å². The van der Waals surface area contributed by atoms with Crippen molar-refractivity contribution in [2.24, 2.45) is 0 Å². The SMILES string of the molecule is COC(=O)c1c(F)c(F)c(F)c(F)c1C1=c2cc3c4c(c2Oc2c1cc1c5c2C(C)(C)CCN5CCC1(C)C)C(C)(C)CC[N+]=4CCC3(C)C. The topological polar surface area (TPSA) is 41.8 Å². The first-order chi connectivity index (χ1) is 23.3. The maximum absolute atomic E-state index is 16.7. The second kappa shape index (κ2) is 10.3. The Morgan fingerprint density at radius 2 is 1.32 bits per heavy atom. The van der Waals surface area contributed by atoms with Crippen LogP contribution in [0.2, 0.25) is 0 Å². The first kappa shape index (κ1) is 33.3. The van der Waals surface area contributed by atoms with Crippen LogP contribution in [0.4, 0.5) is 23.2 Å². The van der Waals surface area contributed by atoms with E-state index in [4.69, 9.17) is 9.47 Å². The molecule has 0 saturated carbocycles. The standard InChI is InChI=1S/C41H45F4N2O3/c1-38(2)10-14-46-16-12-40(5,6)27-33(46)22(38)18-20-24(25-26(37(48)49-9)30(43)32(45)31(44)29(25)42)21-19-23-34-28(36(21)50-35(20)27)41(7,8)13-17-47(34)15-11-39(23,3)4/h18-19H,10-17H2,1-9H3/q+1. The Bertz CT molecular complexity index is 2210. The van der Waals surface area contributed by atoms with Gasteiger partial charge in [0.25, 0.3) is 0 Å². The minimum Gasteiger partial charge on any atom is -0.465 e. The minimum absolute atomic E-state index is 0.110. The van der Waals surface area contributed by atoms with E-state index in [0.717, 1.165) is 92.3 Å². The van der Waals surface area contributed by atoms with Crippen molar-refractivity contribution in [3.63, 3.8) is 0 Å². The number of carbonyl (C=O) groups is 1. The molecule has 5 aliphatic heterocycles. The maximum Gasteiger partial charge on any atom is 0.341 e. The first-order valence-electron chi connectivity index (χ1n) is 17.8. The molecule has 9 heteroatoms. The molecule has 264 valence electrons. The Morgan fingerprint density at radius 3 is 1.98 bits per heavy atom. The maximum atomic E-state index is 16.7. The lowest BCUT2D eigenvalue weighted by atomic mass is 9.67. The Hall–Kier alpha value is -3.88. The van der Waals surface area contributed by atoms with Gasteiger partial charge in [-0.1, -0.05) is 55.4 Å². The average Bonchev–Trinajstić information content (AvgIpc) is 3.05. The van der Waals surface area contributed by atoms with Crippen LogP contribution in [-0.4, -0.2) is 39.3 Å². The largest absolute Gasteiger partial charge is 0.465 e. The highest BCUT2D eigenvalue weighted by Gasteiger charge is 2.48. The summed E-state index contributed by atoms with van der Waals surface area (Å²) in [4.78, 5) is 15.8. The van der Waals surface area contributed by atoms with Crippen LogP contribution >= 0.6 is 0 Å². The van der Waals surface area contributed by atoms with E-state index in [1.54, 1.807) is 0 Å². The van der Waals surface area contributed by atoms with Gasteiger partial charge in [0.15, 0.2) is 23.3 Å². The van der Waals surface area contributed by atoms with E-state index in [2.05, 4.69) is 64.9 Å². The fourth-order valence-electron chi connectivity index (χ4n) is 9.36. The van der Waals surface area contributed by atoms with Crippen LogP contribution in [0.5, 0.6) is 11.5 Å². The Balaban J connectivity index is 1.68. The molecule has 0 unspecified atom stereocenters. The molecular weight excluding hydrogens is 644 g/mol. The molecule has 0 fully saturated rings. The van der Waals surface area contributed by atoms with Gasteiger partial charge < -0.3 is 14.4 Å². The molecule has 50 heavy (non-hydrogen) atoms. The minimum atomic E-state index is -2.06. The summed E-state index contributed by atoms with van der Waals surface area (Å²) in [5, 5.41) is 1.51. The lowest BCUT2D eigenvalue weighted by Gasteiger charge is -2.49. The van der Waals surface area contributed by atoms with E-state index in [-0.39, 0.29) is 27.2 Å². The third-order valence-electron chi connectivity index (χ3n) is 12.6. The lowest BCUT2D eigenvalue weighted by molar-refractivity contribution is 0.0592. The molecule has 0 saturated heterocycles. The summed E-state index contributed by atoms with van der Waals surface area (Å²) >= 11 is 0. The van der Waals surface area contributed by atoms with Crippen LogP contribution in [0.15, 0.2) is 12.1 Å². The van der Waals surface area contributed by atoms with Crippen LogP contribution in [0, 0.1) is 23.3 Å². The van der Waals surface area contributed by atoms with E-state index < -0.39 is 40.4 Å². The predicted molar refractivity (Wildman–Crippen MR) is 185 cm³/mol. The zero-order valence-electron chi connectivity index (χ0n) is 30.4. The van der Waals surface area contributed by atoms with E-state index in [1.165, 1.54) is 0 Å². The summed E-state index contributed by atoms with van der Waals surface area (Å²) < 4.78 is 77.8. The number of hydrogen-bond acceptors (Lipinski definition) is 4. The molecule has 0 N–H and O–H groups in total. The number of nitrogens with zero attached hydrogens (tertiary/aromatic N) is 2. The lowest BCUT2D eigenvalue weighted by Crippen LogP contribution is -2.54. The molecule has 8 rings (SSSR count). The fourth-order valence-corrected chi connectivity index (χ4v) is 9.36. The van der Waals surface area contributed by atoms with Gasteiger partial charge in [-0.05, 0) is 41.4 Å². The number of benzene rings is 3. The van der Waals surface area contributed by atoms with Gasteiger partial charge in [0, 0.05) is 75.5 Å². The van der Waals surface area contributed by atoms with Crippen molar-refractivity contribution in [1.29, 1.82) is 0 Å². The summed E-state index contributed by atoms with van der Waals surface area (Å²) in [5.41, 5.74) is 2.54. The second-order valence-electron chi connectivity index (χ2n) is 17.5. The third kappa shape index (κ3) is 4.30. The zero-order chi connectivity index (χ0) is 36.0. The van der Waals surface area contributed by atoms with Crippen molar-refractivity contribution in [3.8, 4) is 11.5 Å². The molecule has 5 aliphatic rings. The quantitative estimate of drug-likeness (QED) is 0.0724. The molecule has 3 aromatic rings. The first-order valence-corrected chi connectivity index (χ1v) is 17.8. The van der Waals surface area contributed by atoms with Gasteiger partial charge in [-0.15, -0.1) is 0 Å². The van der Waals surface area contributed by atoms with Crippen LogP contribution in [-0.2, 0) is 26.4 Å².